The zero-order valence-electron chi connectivity index (χ0n) is 19.2. The topological polar surface area (TPSA) is 122 Å². The van der Waals surface area contributed by atoms with Crippen LogP contribution >= 0.6 is 0 Å². The molecule has 1 saturated heterocycles. The van der Waals surface area contributed by atoms with Crippen LogP contribution < -0.4 is 0 Å². The number of hydrogen-bond donors (Lipinski definition) is 1. The second-order valence-corrected chi connectivity index (χ2v) is 9.27. The Hall–Kier alpha value is -2.39. The third-order valence-corrected chi connectivity index (χ3v) is 7.65. The summed E-state index contributed by atoms with van der Waals surface area (Å²) >= 11 is 0. The smallest absolute Gasteiger partial charge is 0.310 e. The maximum atomic E-state index is 13.0. The molecular formula is C23H32O9. The largest absolute Gasteiger partial charge is 0.481 e. The molecular weight excluding hydrogens is 420 g/mol. The Morgan fingerprint density at radius 2 is 1.94 bits per heavy atom. The fraction of sp³-hybridized carbons (Fsp3) is 0.696. The molecule has 0 aromatic carbocycles. The Kier molecular flexibility index (Phi) is 7.00. The summed E-state index contributed by atoms with van der Waals surface area (Å²) in [5.41, 5.74) is -1.27. The fourth-order valence-corrected chi connectivity index (χ4v) is 6.04. The lowest BCUT2D eigenvalue weighted by Crippen LogP contribution is -2.60. The summed E-state index contributed by atoms with van der Waals surface area (Å²) < 4.78 is 26.5. The van der Waals surface area contributed by atoms with Crippen molar-refractivity contribution in [1.29, 1.82) is 0 Å². The van der Waals surface area contributed by atoms with E-state index in [9.17, 15) is 19.5 Å². The fourth-order valence-electron chi connectivity index (χ4n) is 6.04. The zero-order chi connectivity index (χ0) is 23.7. The van der Waals surface area contributed by atoms with Crippen LogP contribution in [0.4, 0.5) is 0 Å². The van der Waals surface area contributed by atoms with Gasteiger partial charge in [-0.3, -0.25) is 14.4 Å². The molecule has 1 saturated carbocycles. The van der Waals surface area contributed by atoms with Crippen molar-refractivity contribution < 1.29 is 42.9 Å². The molecule has 1 aliphatic carbocycles. The van der Waals surface area contributed by atoms with Crippen molar-refractivity contribution >= 4 is 17.9 Å². The molecule has 1 N–H and O–H groups in total. The van der Waals surface area contributed by atoms with E-state index in [2.05, 4.69) is 0 Å². The Labute approximate surface area is 187 Å². The Morgan fingerprint density at radius 1 is 1.25 bits per heavy atom. The molecule has 9 heteroatoms. The summed E-state index contributed by atoms with van der Waals surface area (Å²) in [5, 5.41) is 10.4. The first-order valence-corrected chi connectivity index (χ1v) is 10.7. The van der Waals surface area contributed by atoms with Crippen molar-refractivity contribution in [3.63, 3.8) is 0 Å². The van der Waals surface area contributed by atoms with E-state index in [-0.39, 0.29) is 6.42 Å². The summed E-state index contributed by atoms with van der Waals surface area (Å²) in [7, 11) is 4.21. The van der Waals surface area contributed by atoms with Gasteiger partial charge in [0.25, 0.3) is 0 Å². The number of methoxy groups -OCH3 is 3. The molecule has 0 spiro atoms. The number of cyclic esters (lactones) is 1. The van der Waals surface area contributed by atoms with Crippen LogP contribution in [0.25, 0.3) is 0 Å². The van der Waals surface area contributed by atoms with Crippen molar-refractivity contribution in [1.82, 2.24) is 0 Å². The number of ether oxygens (including phenoxy) is 4. The molecule has 1 aliphatic heterocycles. The van der Waals surface area contributed by atoms with Gasteiger partial charge in [-0.25, -0.2) is 0 Å². The SMILES string of the molecule is COC(=O)C(CC(OC)OC)[C@]1(C)CC[C@H]2C(=O)O[C@H](c3ccoc3)C[C@]2(C)[C@H]1C(=O)O. The average Bonchev–Trinajstić information content (AvgIpc) is 3.27. The number of carboxylic acid groups (broad SMARTS) is 1. The van der Waals surface area contributed by atoms with E-state index in [0.29, 0.717) is 24.8 Å². The number of hydrogen-bond acceptors (Lipinski definition) is 8. The van der Waals surface area contributed by atoms with Crippen LogP contribution in [0.5, 0.6) is 0 Å². The van der Waals surface area contributed by atoms with E-state index >= 15 is 0 Å². The van der Waals surface area contributed by atoms with Crippen molar-refractivity contribution in [2.75, 3.05) is 21.3 Å². The van der Waals surface area contributed by atoms with Gasteiger partial charge >= 0.3 is 17.9 Å². The van der Waals surface area contributed by atoms with Gasteiger partial charge in [0.05, 0.1) is 37.4 Å². The van der Waals surface area contributed by atoms with Crippen LogP contribution in [0, 0.1) is 28.6 Å². The van der Waals surface area contributed by atoms with E-state index < -0.39 is 58.9 Å². The molecule has 178 valence electrons. The maximum absolute atomic E-state index is 13.0. The molecule has 32 heavy (non-hydrogen) atoms. The molecule has 0 amide bonds. The third-order valence-electron chi connectivity index (χ3n) is 7.65. The summed E-state index contributed by atoms with van der Waals surface area (Å²) in [5.74, 6) is -4.39. The lowest BCUT2D eigenvalue weighted by atomic mass is 9.46. The minimum Gasteiger partial charge on any atom is -0.481 e. The normalized spacial score (nSPS) is 33.3. The van der Waals surface area contributed by atoms with Crippen molar-refractivity contribution in [2.45, 2.75) is 51.9 Å². The maximum Gasteiger partial charge on any atom is 0.310 e. The highest BCUT2D eigenvalue weighted by molar-refractivity contribution is 5.81. The summed E-state index contributed by atoms with van der Waals surface area (Å²) in [6.07, 6.45) is 2.86. The summed E-state index contributed by atoms with van der Waals surface area (Å²) in [4.78, 5) is 38.7. The van der Waals surface area contributed by atoms with E-state index in [1.807, 2.05) is 6.92 Å². The van der Waals surface area contributed by atoms with Gasteiger partial charge in [-0.1, -0.05) is 13.8 Å². The molecule has 3 rings (SSSR count). The predicted octanol–water partition coefficient (Wildman–Crippen LogP) is 3.19. The predicted molar refractivity (Wildman–Crippen MR) is 110 cm³/mol. The van der Waals surface area contributed by atoms with E-state index in [4.69, 9.17) is 23.4 Å². The summed E-state index contributed by atoms with van der Waals surface area (Å²) in [6.45, 7) is 3.61. The van der Waals surface area contributed by atoms with Gasteiger partial charge < -0.3 is 28.5 Å². The first-order valence-electron chi connectivity index (χ1n) is 10.7. The zero-order valence-corrected chi connectivity index (χ0v) is 19.2. The molecule has 6 atom stereocenters. The van der Waals surface area contributed by atoms with Gasteiger partial charge in [-0.05, 0) is 36.2 Å². The van der Waals surface area contributed by atoms with Gasteiger partial charge in [-0.2, -0.15) is 0 Å². The molecule has 0 bridgehead atoms. The van der Waals surface area contributed by atoms with Gasteiger partial charge in [0.1, 0.15) is 6.10 Å². The number of esters is 2. The van der Waals surface area contributed by atoms with Crippen molar-refractivity contribution in [2.24, 2.45) is 28.6 Å². The molecule has 1 aromatic rings. The minimum absolute atomic E-state index is 0.135. The first kappa shape index (κ1) is 24.3. The third kappa shape index (κ3) is 4.03. The van der Waals surface area contributed by atoms with Crippen LogP contribution in [0.2, 0.25) is 0 Å². The second kappa shape index (κ2) is 9.23. The minimum atomic E-state index is -1.05. The van der Waals surface area contributed by atoms with E-state index in [0.717, 1.165) is 0 Å². The quantitative estimate of drug-likeness (QED) is 0.468. The summed E-state index contributed by atoms with van der Waals surface area (Å²) in [6, 6.07) is 1.71. The van der Waals surface area contributed by atoms with Gasteiger partial charge in [0, 0.05) is 26.2 Å². The molecule has 2 heterocycles. The molecule has 2 aliphatic rings. The highest BCUT2D eigenvalue weighted by atomic mass is 16.7. The standard InChI is InChI=1S/C23H32O9/c1-22(15(20(26)30-5)10-17(28-3)29-4)8-6-14-21(27)32-16(13-7-9-31-12-13)11-23(14,2)18(22)19(24)25/h7,9,12,14-18H,6,8,10-11H2,1-5H3,(H,24,25)/t14-,15?,16-,18-,22-,23-/m0/s1. The van der Waals surface area contributed by atoms with Gasteiger partial charge in [-0.15, -0.1) is 0 Å². The highest BCUT2D eigenvalue weighted by Crippen LogP contribution is 2.63. The molecule has 1 unspecified atom stereocenters. The monoisotopic (exact) mass is 452 g/mol. The number of rotatable bonds is 8. The highest BCUT2D eigenvalue weighted by Gasteiger charge is 2.65. The first-order chi connectivity index (χ1) is 15.1. The van der Waals surface area contributed by atoms with Crippen LogP contribution in [0.1, 0.15) is 51.2 Å². The van der Waals surface area contributed by atoms with Crippen LogP contribution in [0.15, 0.2) is 23.0 Å². The van der Waals surface area contributed by atoms with Gasteiger partial charge in [0.15, 0.2) is 6.29 Å². The van der Waals surface area contributed by atoms with E-state index in [1.54, 1.807) is 13.0 Å². The van der Waals surface area contributed by atoms with Crippen molar-refractivity contribution in [3.8, 4) is 0 Å². The van der Waals surface area contributed by atoms with Crippen LogP contribution in [-0.4, -0.2) is 50.6 Å². The number of fused-ring (bicyclic) bond motifs is 1. The Morgan fingerprint density at radius 3 is 2.47 bits per heavy atom. The Balaban J connectivity index is 2.06. The van der Waals surface area contributed by atoms with Crippen LogP contribution in [-0.2, 0) is 33.3 Å². The molecule has 2 fully saturated rings. The number of carboxylic acids is 1. The number of carbonyl (C=O) groups is 3. The molecule has 1 aromatic heterocycles. The lowest BCUT2D eigenvalue weighted by molar-refractivity contribution is -0.208. The van der Waals surface area contributed by atoms with Crippen LogP contribution in [0.3, 0.4) is 0 Å². The molecule has 9 nitrogen and oxygen atoms in total. The average molecular weight is 453 g/mol. The number of aliphatic carboxylic acids is 1. The molecule has 0 radical (unpaired) electrons. The van der Waals surface area contributed by atoms with Crippen molar-refractivity contribution in [3.05, 3.63) is 24.2 Å². The Bertz CT molecular complexity index is 831. The second-order valence-electron chi connectivity index (χ2n) is 9.27. The lowest BCUT2D eigenvalue weighted by Gasteiger charge is -2.57. The number of furan rings is 1. The van der Waals surface area contributed by atoms with E-state index in [1.165, 1.54) is 33.9 Å². The van der Waals surface area contributed by atoms with Gasteiger partial charge in [0.2, 0.25) is 0 Å². The number of carbonyl (C=O) groups excluding carboxylic acids is 2.